The van der Waals surface area contributed by atoms with Gasteiger partial charge in [-0.2, -0.15) is 0 Å². The van der Waals surface area contributed by atoms with Gasteiger partial charge in [0.05, 0.1) is 0 Å². The zero-order chi connectivity index (χ0) is 12.8. The van der Waals surface area contributed by atoms with Crippen molar-refractivity contribution in [2.75, 3.05) is 5.73 Å². The maximum atomic E-state index is 12.0. The van der Waals surface area contributed by atoms with Crippen LogP contribution in [0.25, 0.3) is 0 Å². The van der Waals surface area contributed by atoms with Gasteiger partial charge in [-0.25, -0.2) is 0 Å². The molecule has 0 radical (unpaired) electrons. The largest absolute Gasteiger partial charge is 0.399 e. The Morgan fingerprint density at radius 2 is 1.59 bits per heavy atom. The number of carbonyl (C=O) groups is 1. The topological polar surface area (TPSA) is 55.1 Å². The SMILES string of the molecule is CC1(C)C(NC(=O)c2ccc(N)cc2)C1(C)C. The van der Waals surface area contributed by atoms with Crippen molar-refractivity contribution in [1.82, 2.24) is 5.32 Å². The molecular weight excluding hydrogens is 212 g/mol. The maximum Gasteiger partial charge on any atom is 0.251 e. The van der Waals surface area contributed by atoms with E-state index >= 15 is 0 Å². The summed E-state index contributed by atoms with van der Waals surface area (Å²) >= 11 is 0. The minimum atomic E-state index is -0.0198. The van der Waals surface area contributed by atoms with Gasteiger partial charge < -0.3 is 11.1 Å². The van der Waals surface area contributed by atoms with Crippen molar-refractivity contribution in [2.24, 2.45) is 10.8 Å². The van der Waals surface area contributed by atoms with Crippen LogP contribution in [0, 0.1) is 10.8 Å². The number of hydrogen-bond donors (Lipinski definition) is 2. The monoisotopic (exact) mass is 232 g/mol. The minimum Gasteiger partial charge on any atom is -0.399 e. The van der Waals surface area contributed by atoms with E-state index in [1.165, 1.54) is 0 Å². The number of amides is 1. The molecule has 17 heavy (non-hydrogen) atoms. The van der Waals surface area contributed by atoms with Crippen LogP contribution in [0.4, 0.5) is 5.69 Å². The first kappa shape index (κ1) is 12.0. The second-order valence-corrected chi connectivity index (χ2v) is 5.97. The summed E-state index contributed by atoms with van der Waals surface area (Å²) in [6.07, 6.45) is 0. The molecule has 0 atom stereocenters. The highest BCUT2D eigenvalue weighted by molar-refractivity contribution is 5.95. The van der Waals surface area contributed by atoms with E-state index < -0.39 is 0 Å². The standard InChI is InChI=1S/C14H20N2O/c1-13(2)12(14(13,3)4)16-11(17)9-5-7-10(15)8-6-9/h5-8,12H,15H2,1-4H3,(H,16,17). The summed E-state index contributed by atoms with van der Waals surface area (Å²) in [5.41, 5.74) is 7.26. The Balaban J connectivity index is 2.07. The summed E-state index contributed by atoms with van der Waals surface area (Å²) in [4.78, 5) is 12.0. The first-order valence-electron chi connectivity index (χ1n) is 5.93. The Kier molecular flexibility index (Phi) is 2.45. The highest BCUT2D eigenvalue weighted by Gasteiger charge is 2.65. The third-order valence-corrected chi connectivity index (χ3v) is 4.47. The van der Waals surface area contributed by atoms with Crippen LogP contribution >= 0.6 is 0 Å². The second-order valence-electron chi connectivity index (χ2n) is 5.97. The van der Waals surface area contributed by atoms with Crippen molar-refractivity contribution in [3.63, 3.8) is 0 Å². The summed E-state index contributed by atoms with van der Waals surface area (Å²) in [5, 5.41) is 3.09. The van der Waals surface area contributed by atoms with Gasteiger partial charge in [0, 0.05) is 17.3 Å². The molecule has 1 saturated carbocycles. The lowest BCUT2D eigenvalue weighted by molar-refractivity contribution is 0.0943. The highest BCUT2D eigenvalue weighted by atomic mass is 16.1. The summed E-state index contributed by atoms with van der Waals surface area (Å²) in [7, 11) is 0. The number of nitrogens with two attached hydrogens (primary N) is 1. The van der Waals surface area contributed by atoms with Crippen LogP contribution in [0.15, 0.2) is 24.3 Å². The number of nitrogens with one attached hydrogen (secondary N) is 1. The fourth-order valence-electron chi connectivity index (χ4n) is 2.41. The van der Waals surface area contributed by atoms with Crippen LogP contribution in [0.3, 0.4) is 0 Å². The Hall–Kier alpha value is -1.51. The predicted octanol–water partition coefficient (Wildman–Crippen LogP) is 2.43. The number of rotatable bonds is 2. The molecule has 2 rings (SSSR count). The molecule has 0 aromatic heterocycles. The molecule has 1 fully saturated rings. The van der Waals surface area contributed by atoms with Gasteiger partial charge >= 0.3 is 0 Å². The summed E-state index contributed by atoms with van der Waals surface area (Å²) in [6.45, 7) is 8.73. The van der Waals surface area contributed by atoms with E-state index in [0.29, 0.717) is 11.3 Å². The Morgan fingerprint density at radius 3 is 2.00 bits per heavy atom. The Labute approximate surface area is 102 Å². The molecule has 3 N–H and O–H groups in total. The molecule has 92 valence electrons. The molecule has 3 nitrogen and oxygen atoms in total. The molecule has 0 bridgehead atoms. The number of hydrogen-bond acceptors (Lipinski definition) is 2. The van der Waals surface area contributed by atoms with E-state index in [0.717, 1.165) is 0 Å². The van der Waals surface area contributed by atoms with Crippen LogP contribution in [0.5, 0.6) is 0 Å². The van der Waals surface area contributed by atoms with Crippen molar-refractivity contribution >= 4 is 11.6 Å². The zero-order valence-corrected chi connectivity index (χ0v) is 10.9. The molecule has 0 heterocycles. The zero-order valence-electron chi connectivity index (χ0n) is 10.9. The van der Waals surface area contributed by atoms with E-state index in [1.807, 2.05) is 0 Å². The lowest BCUT2D eigenvalue weighted by Crippen LogP contribution is -2.29. The van der Waals surface area contributed by atoms with Crippen LogP contribution < -0.4 is 11.1 Å². The molecule has 1 amide bonds. The van der Waals surface area contributed by atoms with E-state index in [9.17, 15) is 4.79 Å². The van der Waals surface area contributed by atoms with Gasteiger partial charge in [0.2, 0.25) is 0 Å². The first-order valence-corrected chi connectivity index (χ1v) is 5.93. The average molecular weight is 232 g/mol. The van der Waals surface area contributed by atoms with E-state index in [-0.39, 0.29) is 22.8 Å². The molecule has 0 aliphatic heterocycles. The molecule has 0 saturated heterocycles. The second kappa shape index (κ2) is 3.49. The predicted molar refractivity (Wildman–Crippen MR) is 69.7 cm³/mol. The van der Waals surface area contributed by atoms with Crippen LogP contribution in [-0.4, -0.2) is 11.9 Å². The molecule has 1 aliphatic carbocycles. The Bertz CT molecular complexity index is 432. The van der Waals surface area contributed by atoms with Crippen LogP contribution in [-0.2, 0) is 0 Å². The molecule has 3 heteroatoms. The maximum absolute atomic E-state index is 12.0. The van der Waals surface area contributed by atoms with E-state index in [4.69, 9.17) is 5.73 Å². The Morgan fingerprint density at radius 1 is 1.12 bits per heavy atom. The third-order valence-electron chi connectivity index (χ3n) is 4.47. The smallest absolute Gasteiger partial charge is 0.251 e. The molecule has 1 aliphatic rings. The molecule has 0 spiro atoms. The molecule has 0 unspecified atom stereocenters. The van der Waals surface area contributed by atoms with E-state index in [1.54, 1.807) is 24.3 Å². The van der Waals surface area contributed by atoms with Crippen LogP contribution in [0.1, 0.15) is 38.1 Å². The van der Waals surface area contributed by atoms with Gasteiger partial charge in [-0.3, -0.25) is 4.79 Å². The summed E-state index contributed by atoms with van der Waals surface area (Å²) < 4.78 is 0. The lowest BCUT2D eigenvalue weighted by atomic mass is 10.0. The van der Waals surface area contributed by atoms with Crippen molar-refractivity contribution in [3.8, 4) is 0 Å². The van der Waals surface area contributed by atoms with Gasteiger partial charge in [0.1, 0.15) is 0 Å². The summed E-state index contributed by atoms with van der Waals surface area (Å²) in [5.74, 6) is -0.0198. The van der Waals surface area contributed by atoms with Crippen molar-refractivity contribution < 1.29 is 4.79 Å². The van der Waals surface area contributed by atoms with Gasteiger partial charge in [0.15, 0.2) is 0 Å². The van der Waals surface area contributed by atoms with Crippen LogP contribution in [0.2, 0.25) is 0 Å². The van der Waals surface area contributed by atoms with Gasteiger partial charge in [0.25, 0.3) is 5.91 Å². The van der Waals surface area contributed by atoms with Crippen molar-refractivity contribution in [3.05, 3.63) is 29.8 Å². The fraction of sp³-hybridized carbons (Fsp3) is 0.500. The van der Waals surface area contributed by atoms with Crippen molar-refractivity contribution in [1.29, 1.82) is 0 Å². The quantitative estimate of drug-likeness (QED) is 0.769. The number of carbonyl (C=O) groups excluding carboxylic acids is 1. The first-order chi connectivity index (χ1) is 7.76. The summed E-state index contributed by atoms with van der Waals surface area (Å²) in [6, 6.07) is 7.25. The average Bonchev–Trinajstić information content (AvgIpc) is 2.62. The molecule has 1 aromatic carbocycles. The van der Waals surface area contributed by atoms with Gasteiger partial charge in [-0.05, 0) is 35.1 Å². The minimum absolute atomic E-state index is 0.0198. The van der Waals surface area contributed by atoms with Crippen molar-refractivity contribution in [2.45, 2.75) is 33.7 Å². The normalized spacial score (nSPS) is 20.9. The highest BCUT2D eigenvalue weighted by Crippen LogP contribution is 2.62. The molecular formula is C14H20N2O. The van der Waals surface area contributed by atoms with Gasteiger partial charge in [-0.15, -0.1) is 0 Å². The van der Waals surface area contributed by atoms with Gasteiger partial charge in [-0.1, -0.05) is 27.7 Å². The number of nitrogen functional groups attached to an aromatic ring is 1. The lowest BCUT2D eigenvalue weighted by Gasteiger charge is -2.07. The fourth-order valence-corrected chi connectivity index (χ4v) is 2.41. The number of anilines is 1. The number of benzene rings is 1. The van der Waals surface area contributed by atoms with E-state index in [2.05, 4.69) is 33.0 Å². The third kappa shape index (κ3) is 1.79. The molecule has 1 aromatic rings.